The van der Waals surface area contributed by atoms with Crippen molar-refractivity contribution in [1.82, 2.24) is 14.7 Å². The maximum absolute atomic E-state index is 5.02. The van der Waals surface area contributed by atoms with Crippen LogP contribution in [0, 0.1) is 13.8 Å². The van der Waals surface area contributed by atoms with Crippen molar-refractivity contribution in [1.29, 1.82) is 0 Å². The van der Waals surface area contributed by atoms with Crippen molar-refractivity contribution in [2.24, 2.45) is 0 Å². The number of aromatic nitrogens is 2. The van der Waals surface area contributed by atoms with Crippen LogP contribution in [0.1, 0.15) is 41.6 Å². The molecular weight excluding hydrogens is 296 g/mol. The van der Waals surface area contributed by atoms with E-state index in [0.29, 0.717) is 0 Å². The van der Waals surface area contributed by atoms with Crippen molar-refractivity contribution >= 4 is 5.82 Å². The average molecular weight is 324 g/mol. The summed E-state index contributed by atoms with van der Waals surface area (Å²) in [4.78, 5) is 2.61. The number of hydrogen-bond acceptors (Lipinski definition) is 3. The summed E-state index contributed by atoms with van der Waals surface area (Å²) in [5.74, 6) is 1.22. The molecule has 2 aliphatic rings. The molecule has 0 saturated carbocycles. The first-order valence-electron chi connectivity index (χ1n) is 9.37. The first-order chi connectivity index (χ1) is 11.7. The molecule has 0 atom stereocenters. The van der Waals surface area contributed by atoms with Crippen LogP contribution in [-0.4, -0.2) is 40.9 Å². The van der Waals surface area contributed by atoms with Gasteiger partial charge in [-0.3, -0.25) is 0 Å². The van der Waals surface area contributed by atoms with Crippen LogP contribution < -0.4 is 5.32 Å². The molecule has 24 heavy (non-hydrogen) atoms. The molecule has 4 rings (SSSR count). The minimum Gasteiger partial charge on any atom is -0.369 e. The molecule has 0 spiro atoms. The van der Waals surface area contributed by atoms with Gasteiger partial charge >= 0.3 is 0 Å². The van der Waals surface area contributed by atoms with Crippen molar-refractivity contribution in [3.63, 3.8) is 0 Å². The first kappa shape index (κ1) is 15.7. The van der Waals surface area contributed by atoms with Gasteiger partial charge in [-0.1, -0.05) is 18.6 Å². The Hall–Kier alpha value is -1.81. The zero-order chi connectivity index (χ0) is 16.5. The van der Waals surface area contributed by atoms with E-state index in [1.54, 1.807) is 0 Å². The van der Waals surface area contributed by atoms with E-state index in [1.807, 2.05) is 0 Å². The number of piperidine rings is 1. The summed E-state index contributed by atoms with van der Waals surface area (Å²) in [5.41, 5.74) is 6.51. The predicted octanol–water partition coefficient (Wildman–Crippen LogP) is 3.49. The lowest BCUT2D eigenvalue weighted by Crippen LogP contribution is -2.31. The van der Waals surface area contributed by atoms with Gasteiger partial charge in [-0.2, -0.15) is 5.10 Å². The van der Waals surface area contributed by atoms with Gasteiger partial charge in [0.15, 0.2) is 0 Å². The second-order valence-electron chi connectivity index (χ2n) is 7.30. The molecule has 0 unspecified atom stereocenters. The number of benzene rings is 1. The maximum atomic E-state index is 5.02. The third-order valence-electron chi connectivity index (χ3n) is 5.44. The van der Waals surface area contributed by atoms with Crippen LogP contribution in [0.25, 0.3) is 5.69 Å². The Labute approximate surface area is 144 Å². The molecule has 2 aromatic rings. The molecule has 2 aliphatic heterocycles. The summed E-state index contributed by atoms with van der Waals surface area (Å²) in [6.07, 6.45) is 6.29. The average Bonchev–Trinajstić information content (AvgIpc) is 3.19. The number of nitrogens with one attached hydrogen (secondary N) is 1. The Morgan fingerprint density at radius 2 is 1.96 bits per heavy atom. The minimum atomic E-state index is 1.04. The van der Waals surface area contributed by atoms with Gasteiger partial charge in [0.05, 0.1) is 11.4 Å². The second-order valence-corrected chi connectivity index (χ2v) is 7.30. The van der Waals surface area contributed by atoms with Crippen molar-refractivity contribution in [2.45, 2.75) is 46.0 Å². The molecule has 128 valence electrons. The van der Waals surface area contributed by atoms with Crippen LogP contribution >= 0.6 is 0 Å². The molecular formula is C20H28N4. The molecule has 1 fully saturated rings. The zero-order valence-corrected chi connectivity index (χ0v) is 14.9. The molecule has 0 amide bonds. The van der Waals surface area contributed by atoms with E-state index >= 15 is 0 Å². The topological polar surface area (TPSA) is 33.1 Å². The van der Waals surface area contributed by atoms with Crippen molar-refractivity contribution in [2.75, 3.05) is 31.5 Å². The third-order valence-corrected chi connectivity index (χ3v) is 5.44. The lowest BCUT2D eigenvalue weighted by atomic mass is 10.1. The van der Waals surface area contributed by atoms with E-state index in [0.717, 1.165) is 25.9 Å². The molecule has 0 radical (unpaired) electrons. The highest BCUT2D eigenvalue weighted by atomic mass is 15.3. The maximum Gasteiger partial charge on any atom is 0.133 e. The normalized spacial score (nSPS) is 17.8. The Morgan fingerprint density at radius 1 is 1.12 bits per heavy atom. The summed E-state index contributed by atoms with van der Waals surface area (Å²) in [6, 6.07) is 6.62. The van der Waals surface area contributed by atoms with Gasteiger partial charge in [0.1, 0.15) is 5.82 Å². The molecule has 0 bridgehead atoms. The van der Waals surface area contributed by atoms with E-state index in [9.17, 15) is 0 Å². The number of fused-ring (bicyclic) bond motifs is 1. The van der Waals surface area contributed by atoms with E-state index in [-0.39, 0.29) is 0 Å². The summed E-state index contributed by atoms with van der Waals surface area (Å²) in [5, 5.41) is 8.58. The monoisotopic (exact) mass is 324 g/mol. The lowest BCUT2D eigenvalue weighted by molar-refractivity contribution is 0.230. The van der Waals surface area contributed by atoms with Crippen LogP contribution in [0.3, 0.4) is 0 Å². The van der Waals surface area contributed by atoms with E-state index in [2.05, 4.69) is 46.9 Å². The van der Waals surface area contributed by atoms with Crippen molar-refractivity contribution in [3.05, 3.63) is 40.6 Å². The van der Waals surface area contributed by atoms with Gasteiger partial charge in [-0.05, 0) is 63.4 Å². The number of aryl methyl sites for hydroxylation is 2. The third kappa shape index (κ3) is 2.95. The van der Waals surface area contributed by atoms with Gasteiger partial charge in [0, 0.05) is 25.1 Å². The summed E-state index contributed by atoms with van der Waals surface area (Å²) in [7, 11) is 0. The fourth-order valence-corrected chi connectivity index (χ4v) is 4.02. The van der Waals surface area contributed by atoms with E-state index in [4.69, 9.17) is 5.10 Å². The van der Waals surface area contributed by atoms with Gasteiger partial charge in [0.25, 0.3) is 0 Å². The van der Waals surface area contributed by atoms with Crippen LogP contribution in [-0.2, 0) is 12.8 Å². The SMILES string of the molecule is Cc1ccc(C)c(-n2nc(CCN3CCCCC3)c3c2NCC3)c1. The smallest absolute Gasteiger partial charge is 0.133 e. The summed E-state index contributed by atoms with van der Waals surface area (Å²) in [6.45, 7) is 9.03. The molecule has 4 nitrogen and oxygen atoms in total. The lowest BCUT2D eigenvalue weighted by Gasteiger charge is -2.26. The van der Waals surface area contributed by atoms with Crippen molar-refractivity contribution in [3.8, 4) is 5.69 Å². The Morgan fingerprint density at radius 3 is 2.79 bits per heavy atom. The highest BCUT2D eigenvalue weighted by Crippen LogP contribution is 2.30. The molecule has 4 heteroatoms. The molecule has 3 heterocycles. The molecule has 1 N–H and O–H groups in total. The van der Waals surface area contributed by atoms with Crippen LogP contribution in [0.4, 0.5) is 5.82 Å². The van der Waals surface area contributed by atoms with E-state index in [1.165, 1.54) is 66.2 Å². The standard InChI is InChI=1S/C20H28N4/c1-15-6-7-16(2)19(14-15)24-20-17(8-10-21-20)18(22-24)9-13-23-11-4-3-5-12-23/h6-7,14,21H,3-5,8-13H2,1-2H3. The quantitative estimate of drug-likeness (QED) is 0.934. The molecule has 0 aliphatic carbocycles. The van der Waals surface area contributed by atoms with Gasteiger partial charge in [-0.15, -0.1) is 0 Å². The van der Waals surface area contributed by atoms with Crippen LogP contribution in [0.5, 0.6) is 0 Å². The Kier molecular flexibility index (Phi) is 4.31. The van der Waals surface area contributed by atoms with E-state index < -0.39 is 0 Å². The van der Waals surface area contributed by atoms with Gasteiger partial charge in [-0.25, -0.2) is 4.68 Å². The number of likely N-dealkylation sites (tertiary alicyclic amines) is 1. The molecule has 1 saturated heterocycles. The summed E-state index contributed by atoms with van der Waals surface area (Å²) >= 11 is 0. The highest BCUT2D eigenvalue weighted by molar-refractivity contribution is 5.58. The Balaban J connectivity index is 1.61. The zero-order valence-electron chi connectivity index (χ0n) is 14.9. The molecule has 1 aromatic heterocycles. The van der Waals surface area contributed by atoms with Crippen LogP contribution in [0.15, 0.2) is 18.2 Å². The van der Waals surface area contributed by atoms with Crippen molar-refractivity contribution < 1.29 is 0 Å². The summed E-state index contributed by atoms with van der Waals surface area (Å²) < 4.78 is 2.15. The Bertz CT molecular complexity index is 725. The highest BCUT2D eigenvalue weighted by Gasteiger charge is 2.24. The largest absolute Gasteiger partial charge is 0.369 e. The first-order valence-corrected chi connectivity index (χ1v) is 9.37. The fraction of sp³-hybridized carbons (Fsp3) is 0.550. The number of rotatable bonds is 4. The second kappa shape index (κ2) is 6.60. The number of anilines is 1. The number of hydrogen-bond donors (Lipinski definition) is 1. The van der Waals surface area contributed by atoms with Gasteiger partial charge < -0.3 is 10.2 Å². The van der Waals surface area contributed by atoms with Crippen LogP contribution in [0.2, 0.25) is 0 Å². The fourth-order valence-electron chi connectivity index (χ4n) is 4.02. The van der Waals surface area contributed by atoms with Gasteiger partial charge in [0.2, 0.25) is 0 Å². The number of nitrogens with zero attached hydrogens (tertiary/aromatic N) is 3. The molecule has 1 aromatic carbocycles. The minimum absolute atomic E-state index is 1.04. The predicted molar refractivity (Wildman–Crippen MR) is 99.2 cm³/mol.